The van der Waals surface area contributed by atoms with Gasteiger partial charge < -0.3 is 14.9 Å². The molecule has 0 radical (unpaired) electrons. The Labute approximate surface area is 151 Å². The van der Waals surface area contributed by atoms with Crippen LogP contribution >= 0.6 is 0 Å². The van der Waals surface area contributed by atoms with Crippen LogP contribution in [0.25, 0.3) is 0 Å². The molecule has 1 N–H and O–H groups in total. The molecule has 1 aromatic carbocycles. The van der Waals surface area contributed by atoms with Gasteiger partial charge in [0.15, 0.2) is 0 Å². The van der Waals surface area contributed by atoms with Crippen LogP contribution in [0.2, 0.25) is 0 Å². The van der Waals surface area contributed by atoms with Gasteiger partial charge in [-0.1, -0.05) is 26.0 Å². The van der Waals surface area contributed by atoms with Crippen LogP contribution in [0.5, 0.6) is 0 Å². The lowest BCUT2D eigenvalue weighted by Crippen LogP contribution is -2.37. The molecule has 2 heterocycles. The van der Waals surface area contributed by atoms with Crippen LogP contribution in [0.1, 0.15) is 61.4 Å². The molecule has 4 nitrogen and oxygen atoms in total. The van der Waals surface area contributed by atoms with Crippen molar-refractivity contribution in [2.45, 2.75) is 51.6 Å². The number of nitrogens with zero attached hydrogens (tertiary/aromatic N) is 2. The van der Waals surface area contributed by atoms with E-state index >= 15 is 0 Å². The molecule has 0 aliphatic carbocycles. The molecule has 2 atom stereocenters. The number of rotatable bonds is 2. The minimum Gasteiger partial charge on any atom is -0.393 e. The van der Waals surface area contributed by atoms with E-state index in [1.165, 1.54) is 24.9 Å². The molecule has 2 aliphatic rings. The largest absolute Gasteiger partial charge is 0.393 e. The van der Waals surface area contributed by atoms with Crippen LogP contribution in [0, 0.1) is 5.41 Å². The molecular formula is C21H32N2O2. The number of hydrogen-bond donors (Lipinski definition) is 1. The highest BCUT2D eigenvalue weighted by atomic mass is 16.3. The van der Waals surface area contributed by atoms with Crippen molar-refractivity contribution in [2.24, 2.45) is 5.41 Å². The number of benzene rings is 1. The van der Waals surface area contributed by atoms with Crippen LogP contribution in [0.15, 0.2) is 24.3 Å². The van der Waals surface area contributed by atoms with E-state index in [1.807, 2.05) is 17.0 Å². The third-order valence-electron chi connectivity index (χ3n) is 5.66. The summed E-state index contributed by atoms with van der Waals surface area (Å²) in [5.41, 5.74) is 2.03. The van der Waals surface area contributed by atoms with Gasteiger partial charge in [-0.3, -0.25) is 4.79 Å². The maximum atomic E-state index is 13.1. The first-order valence-corrected chi connectivity index (χ1v) is 9.60. The maximum absolute atomic E-state index is 13.1. The zero-order chi connectivity index (χ0) is 18.0. The van der Waals surface area contributed by atoms with Crippen molar-refractivity contribution in [1.82, 2.24) is 9.80 Å². The van der Waals surface area contributed by atoms with E-state index in [1.54, 1.807) is 0 Å². The Bertz CT molecular complexity index is 614. The van der Waals surface area contributed by atoms with Crippen molar-refractivity contribution in [1.29, 1.82) is 0 Å². The van der Waals surface area contributed by atoms with E-state index in [2.05, 4.69) is 37.9 Å². The molecule has 0 aromatic heterocycles. The van der Waals surface area contributed by atoms with Gasteiger partial charge in [-0.25, -0.2) is 0 Å². The van der Waals surface area contributed by atoms with Crippen molar-refractivity contribution in [3.63, 3.8) is 0 Å². The van der Waals surface area contributed by atoms with Crippen molar-refractivity contribution in [2.75, 3.05) is 33.2 Å². The summed E-state index contributed by atoms with van der Waals surface area (Å²) in [7, 11) is 2.17. The molecule has 138 valence electrons. The number of likely N-dealkylation sites (N-methyl/N-ethyl adjacent to an activating group) is 1. The van der Waals surface area contributed by atoms with Gasteiger partial charge in [-0.05, 0) is 68.3 Å². The van der Waals surface area contributed by atoms with Gasteiger partial charge in [-0.15, -0.1) is 0 Å². The molecule has 0 spiro atoms. The summed E-state index contributed by atoms with van der Waals surface area (Å²) in [4.78, 5) is 17.4. The Kier molecular flexibility index (Phi) is 5.49. The van der Waals surface area contributed by atoms with E-state index in [0.29, 0.717) is 25.4 Å². The topological polar surface area (TPSA) is 43.8 Å². The lowest BCUT2D eigenvalue weighted by atomic mass is 9.86. The predicted octanol–water partition coefficient (Wildman–Crippen LogP) is 3.12. The van der Waals surface area contributed by atoms with E-state index in [0.717, 1.165) is 18.5 Å². The van der Waals surface area contributed by atoms with Crippen LogP contribution in [0.4, 0.5) is 0 Å². The third-order valence-corrected chi connectivity index (χ3v) is 5.66. The summed E-state index contributed by atoms with van der Waals surface area (Å²) < 4.78 is 0. The fourth-order valence-electron chi connectivity index (χ4n) is 4.43. The monoisotopic (exact) mass is 344 g/mol. The van der Waals surface area contributed by atoms with Crippen LogP contribution in [-0.4, -0.2) is 60.1 Å². The molecule has 3 rings (SSSR count). The first-order valence-electron chi connectivity index (χ1n) is 9.60. The first-order chi connectivity index (χ1) is 11.8. The lowest BCUT2D eigenvalue weighted by Gasteiger charge is -2.31. The predicted molar refractivity (Wildman–Crippen MR) is 101 cm³/mol. The van der Waals surface area contributed by atoms with Crippen molar-refractivity contribution < 1.29 is 9.90 Å². The molecule has 1 aromatic rings. The van der Waals surface area contributed by atoms with Crippen molar-refractivity contribution in [3.05, 3.63) is 35.4 Å². The standard InChI is InChI=1S/C21H32N2O2/c1-21(2)13-19(24)9-11-23(15-21)20(25)17-7-4-6-16(12-17)18-8-5-10-22(3)14-18/h4,6-7,12,18-19,24H,5,8-11,13-15H2,1-3H3. The van der Waals surface area contributed by atoms with Gasteiger partial charge in [0.05, 0.1) is 6.10 Å². The highest BCUT2D eigenvalue weighted by Crippen LogP contribution is 2.30. The van der Waals surface area contributed by atoms with Gasteiger partial charge in [0, 0.05) is 25.2 Å². The number of carbonyl (C=O) groups excluding carboxylic acids is 1. The summed E-state index contributed by atoms with van der Waals surface area (Å²) >= 11 is 0. The Balaban J connectivity index is 1.77. The van der Waals surface area contributed by atoms with Crippen LogP contribution in [0.3, 0.4) is 0 Å². The van der Waals surface area contributed by atoms with E-state index < -0.39 is 0 Å². The number of aliphatic hydroxyl groups is 1. The fourth-order valence-corrected chi connectivity index (χ4v) is 4.43. The average Bonchev–Trinajstić information content (AvgIpc) is 2.71. The molecule has 2 fully saturated rings. The summed E-state index contributed by atoms with van der Waals surface area (Å²) in [5.74, 6) is 0.627. The molecule has 2 aliphatic heterocycles. The number of piperidine rings is 1. The van der Waals surface area contributed by atoms with Gasteiger partial charge in [0.2, 0.25) is 0 Å². The Morgan fingerprint density at radius 1 is 1.24 bits per heavy atom. The fraction of sp³-hybridized carbons (Fsp3) is 0.667. The van der Waals surface area contributed by atoms with Crippen molar-refractivity contribution >= 4 is 5.91 Å². The summed E-state index contributed by atoms with van der Waals surface area (Å²) in [5, 5.41) is 10.1. The van der Waals surface area contributed by atoms with E-state index in [4.69, 9.17) is 0 Å². The van der Waals surface area contributed by atoms with E-state index in [9.17, 15) is 9.90 Å². The average molecular weight is 344 g/mol. The number of carbonyl (C=O) groups is 1. The molecular weight excluding hydrogens is 312 g/mol. The number of likely N-dealkylation sites (tertiary alicyclic amines) is 2. The molecule has 2 unspecified atom stereocenters. The minimum atomic E-state index is -0.308. The van der Waals surface area contributed by atoms with Gasteiger partial charge in [0.1, 0.15) is 0 Å². The second-order valence-corrected chi connectivity index (χ2v) is 8.76. The lowest BCUT2D eigenvalue weighted by molar-refractivity contribution is 0.0704. The molecule has 1 amide bonds. The Morgan fingerprint density at radius 3 is 2.80 bits per heavy atom. The van der Waals surface area contributed by atoms with Gasteiger partial charge in [0.25, 0.3) is 5.91 Å². The zero-order valence-electron chi connectivity index (χ0n) is 15.9. The SMILES string of the molecule is CN1CCCC(c2cccc(C(=O)N3CCC(O)CC(C)(C)C3)c2)C1. The quantitative estimate of drug-likeness (QED) is 0.896. The molecule has 0 saturated carbocycles. The van der Waals surface area contributed by atoms with Gasteiger partial charge in [-0.2, -0.15) is 0 Å². The number of aliphatic hydroxyl groups excluding tert-OH is 1. The maximum Gasteiger partial charge on any atom is 0.253 e. The second-order valence-electron chi connectivity index (χ2n) is 8.76. The number of hydrogen-bond acceptors (Lipinski definition) is 3. The number of amides is 1. The normalized spacial score (nSPS) is 27.8. The summed E-state index contributed by atoms with van der Waals surface area (Å²) in [6, 6.07) is 8.22. The Morgan fingerprint density at radius 2 is 2.04 bits per heavy atom. The van der Waals surface area contributed by atoms with Crippen LogP contribution < -0.4 is 0 Å². The highest BCUT2D eigenvalue weighted by molar-refractivity contribution is 5.94. The van der Waals surface area contributed by atoms with E-state index in [-0.39, 0.29) is 17.4 Å². The molecule has 25 heavy (non-hydrogen) atoms. The highest BCUT2D eigenvalue weighted by Gasteiger charge is 2.32. The van der Waals surface area contributed by atoms with Crippen LogP contribution in [-0.2, 0) is 0 Å². The smallest absolute Gasteiger partial charge is 0.253 e. The molecule has 4 heteroatoms. The minimum absolute atomic E-state index is 0.0464. The van der Waals surface area contributed by atoms with Gasteiger partial charge >= 0.3 is 0 Å². The summed E-state index contributed by atoms with van der Waals surface area (Å²) in [6.07, 6.45) is 3.53. The first kappa shape index (κ1) is 18.4. The summed E-state index contributed by atoms with van der Waals surface area (Å²) in [6.45, 7) is 7.85. The molecule has 0 bridgehead atoms. The molecule has 2 saturated heterocycles. The zero-order valence-corrected chi connectivity index (χ0v) is 15.9. The second kappa shape index (κ2) is 7.46. The van der Waals surface area contributed by atoms with Crippen molar-refractivity contribution in [3.8, 4) is 0 Å². The third kappa shape index (κ3) is 4.62. The Hall–Kier alpha value is -1.39.